The van der Waals surface area contributed by atoms with Crippen molar-refractivity contribution in [1.82, 2.24) is 20.0 Å². The molecule has 3 atom stereocenters. The Balaban J connectivity index is 1.34. The SMILES string of the molecule is Cc1cnn(-c2ccc(-c3ccc(N(C)[C@H]4C[C@@H]5CC[C@@H](C5)C4)nn3)c(O)c2)c1. The summed E-state index contributed by atoms with van der Waals surface area (Å²) in [5, 5.41) is 23.7. The van der Waals surface area contributed by atoms with Crippen LogP contribution in [0, 0.1) is 18.8 Å². The molecule has 5 rings (SSSR count). The minimum Gasteiger partial charge on any atom is -0.507 e. The minimum absolute atomic E-state index is 0.176. The number of hydrogen-bond acceptors (Lipinski definition) is 5. The Bertz CT molecular complexity index is 1000. The summed E-state index contributed by atoms with van der Waals surface area (Å²) in [6.07, 6.45) is 10.5. The lowest BCUT2D eigenvalue weighted by atomic mass is 9.85. The molecule has 2 heterocycles. The standard InChI is InChI=1S/C23H27N5O/c1-15-13-24-28(14-15)18-5-6-20(22(29)12-18)21-7-8-23(26-25-21)27(2)19-10-16-3-4-17(9-16)11-19/h5-8,12-14,16-17,19,29H,3-4,9-11H2,1-2H3/t16-,17+,19+. The van der Waals surface area contributed by atoms with Crippen LogP contribution in [0.25, 0.3) is 16.9 Å². The maximum atomic E-state index is 10.5. The van der Waals surface area contributed by atoms with Gasteiger partial charge in [0.15, 0.2) is 5.82 Å². The fraction of sp³-hybridized carbons (Fsp3) is 0.435. The number of hydrogen-bond donors (Lipinski definition) is 1. The molecule has 1 aromatic carbocycles. The van der Waals surface area contributed by atoms with Gasteiger partial charge in [0, 0.05) is 30.9 Å². The number of anilines is 1. The first kappa shape index (κ1) is 18.2. The van der Waals surface area contributed by atoms with Gasteiger partial charge in [0.05, 0.1) is 17.6 Å². The molecule has 2 bridgehead atoms. The Morgan fingerprint density at radius 3 is 2.45 bits per heavy atom. The average molecular weight is 390 g/mol. The van der Waals surface area contributed by atoms with Gasteiger partial charge >= 0.3 is 0 Å². The summed E-state index contributed by atoms with van der Waals surface area (Å²) in [6.45, 7) is 1.99. The normalized spacial score (nSPS) is 23.3. The van der Waals surface area contributed by atoms with E-state index in [1.807, 2.05) is 37.4 Å². The molecule has 150 valence electrons. The quantitative estimate of drug-likeness (QED) is 0.718. The number of benzene rings is 1. The minimum atomic E-state index is 0.176. The zero-order chi connectivity index (χ0) is 20.0. The Morgan fingerprint density at radius 1 is 1.03 bits per heavy atom. The van der Waals surface area contributed by atoms with Crippen LogP contribution < -0.4 is 4.90 Å². The topological polar surface area (TPSA) is 67.1 Å². The average Bonchev–Trinajstić information content (AvgIpc) is 3.32. The van der Waals surface area contributed by atoms with E-state index >= 15 is 0 Å². The van der Waals surface area contributed by atoms with Gasteiger partial charge in [-0.15, -0.1) is 10.2 Å². The third-order valence-corrected chi connectivity index (χ3v) is 6.65. The summed E-state index contributed by atoms with van der Waals surface area (Å²) < 4.78 is 1.75. The van der Waals surface area contributed by atoms with Gasteiger partial charge in [-0.1, -0.05) is 12.8 Å². The summed E-state index contributed by atoms with van der Waals surface area (Å²) in [7, 11) is 2.14. The molecule has 3 aromatic rings. The lowest BCUT2D eigenvalue weighted by Crippen LogP contribution is -2.37. The van der Waals surface area contributed by atoms with E-state index in [2.05, 4.69) is 27.2 Å². The summed E-state index contributed by atoms with van der Waals surface area (Å²) in [5.41, 5.74) is 3.24. The summed E-state index contributed by atoms with van der Waals surface area (Å²) in [4.78, 5) is 2.30. The van der Waals surface area contributed by atoms with Crippen molar-refractivity contribution in [2.45, 2.75) is 45.1 Å². The van der Waals surface area contributed by atoms with Gasteiger partial charge in [-0.05, 0) is 67.9 Å². The van der Waals surface area contributed by atoms with E-state index in [0.717, 1.165) is 28.9 Å². The van der Waals surface area contributed by atoms with E-state index in [4.69, 9.17) is 0 Å². The van der Waals surface area contributed by atoms with Crippen molar-refractivity contribution < 1.29 is 5.11 Å². The van der Waals surface area contributed by atoms with Crippen molar-refractivity contribution in [3.05, 3.63) is 48.3 Å². The van der Waals surface area contributed by atoms with Crippen molar-refractivity contribution in [1.29, 1.82) is 0 Å². The molecule has 0 aliphatic heterocycles. The van der Waals surface area contributed by atoms with E-state index in [9.17, 15) is 5.11 Å². The number of aromatic hydroxyl groups is 1. The van der Waals surface area contributed by atoms with Crippen molar-refractivity contribution in [2.75, 3.05) is 11.9 Å². The molecule has 2 fully saturated rings. The summed E-state index contributed by atoms with van der Waals surface area (Å²) in [5.74, 6) is 2.86. The molecule has 2 saturated carbocycles. The predicted molar refractivity (Wildman–Crippen MR) is 113 cm³/mol. The second-order valence-electron chi connectivity index (χ2n) is 8.72. The van der Waals surface area contributed by atoms with Gasteiger partial charge in [-0.3, -0.25) is 0 Å². The first-order valence-corrected chi connectivity index (χ1v) is 10.5. The van der Waals surface area contributed by atoms with Crippen molar-refractivity contribution in [2.24, 2.45) is 11.8 Å². The van der Waals surface area contributed by atoms with E-state index in [-0.39, 0.29) is 5.75 Å². The van der Waals surface area contributed by atoms with Crippen LogP contribution in [0.15, 0.2) is 42.7 Å². The third kappa shape index (κ3) is 3.48. The van der Waals surface area contributed by atoms with Crippen LogP contribution in [0.3, 0.4) is 0 Å². The van der Waals surface area contributed by atoms with Gasteiger partial charge in [-0.2, -0.15) is 5.10 Å². The van der Waals surface area contributed by atoms with Gasteiger partial charge in [-0.25, -0.2) is 4.68 Å². The largest absolute Gasteiger partial charge is 0.507 e. The van der Waals surface area contributed by atoms with E-state index in [1.54, 1.807) is 16.9 Å². The molecule has 6 heteroatoms. The molecule has 0 amide bonds. The van der Waals surface area contributed by atoms with Crippen molar-refractivity contribution >= 4 is 5.82 Å². The maximum Gasteiger partial charge on any atom is 0.151 e. The third-order valence-electron chi connectivity index (χ3n) is 6.65. The van der Waals surface area contributed by atoms with Gasteiger partial charge < -0.3 is 10.0 Å². The molecule has 29 heavy (non-hydrogen) atoms. The fourth-order valence-electron chi connectivity index (χ4n) is 5.07. The Hall–Kier alpha value is -2.89. The van der Waals surface area contributed by atoms with Crippen LogP contribution >= 0.6 is 0 Å². The Kier molecular flexibility index (Phi) is 4.49. The number of aromatic nitrogens is 4. The van der Waals surface area contributed by atoms with Crippen molar-refractivity contribution in [3.63, 3.8) is 0 Å². The highest BCUT2D eigenvalue weighted by molar-refractivity contribution is 5.69. The summed E-state index contributed by atoms with van der Waals surface area (Å²) >= 11 is 0. The second-order valence-corrected chi connectivity index (χ2v) is 8.72. The molecule has 0 radical (unpaired) electrons. The Morgan fingerprint density at radius 2 is 1.83 bits per heavy atom. The first-order chi connectivity index (χ1) is 14.1. The molecule has 0 spiro atoms. The number of phenolic OH excluding ortho intramolecular Hbond substituents is 1. The van der Waals surface area contributed by atoms with Crippen molar-refractivity contribution in [3.8, 4) is 22.7 Å². The number of aryl methyl sites for hydroxylation is 1. The highest BCUT2D eigenvalue weighted by atomic mass is 16.3. The number of fused-ring (bicyclic) bond motifs is 2. The van der Waals surface area contributed by atoms with Gasteiger partial charge in [0.25, 0.3) is 0 Å². The number of rotatable bonds is 4. The lowest BCUT2D eigenvalue weighted by Gasteiger charge is -2.35. The lowest BCUT2D eigenvalue weighted by molar-refractivity contribution is 0.312. The monoisotopic (exact) mass is 389 g/mol. The highest BCUT2D eigenvalue weighted by Gasteiger charge is 2.36. The molecular weight excluding hydrogens is 362 g/mol. The van der Waals surface area contributed by atoms with Crippen LogP contribution in [0.4, 0.5) is 5.82 Å². The van der Waals surface area contributed by atoms with Crippen LogP contribution in [-0.2, 0) is 0 Å². The fourth-order valence-corrected chi connectivity index (χ4v) is 5.07. The molecular formula is C23H27N5O. The van der Waals surface area contributed by atoms with Crippen LogP contribution in [-0.4, -0.2) is 38.2 Å². The van der Waals surface area contributed by atoms with E-state index < -0.39 is 0 Å². The number of nitrogens with zero attached hydrogens (tertiary/aromatic N) is 5. The van der Waals surface area contributed by atoms with Crippen LogP contribution in [0.5, 0.6) is 5.75 Å². The summed E-state index contributed by atoms with van der Waals surface area (Å²) in [6, 6.07) is 10.0. The predicted octanol–water partition coefficient (Wildman–Crippen LogP) is 4.36. The van der Waals surface area contributed by atoms with Crippen LogP contribution in [0.1, 0.15) is 37.7 Å². The van der Waals surface area contributed by atoms with E-state index in [1.165, 1.54) is 32.1 Å². The molecule has 2 aliphatic rings. The van der Waals surface area contributed by atoms with Crippen LogP contribution in [0.2, 0.25) is 0 Å². The molecule has 1 N–H and O–H groups in total. The smallest absolute Gasteiger partial charge is 0.151 e. The molecule has 6 nitrogen and oxygen atoms in total. The zero-order valence-corrected chi connectivity index (χ0v) is 17.0. The first-order valence-electron chi connectivity index (χ1n) is 10.5. The molecule has 0 unspecified atom stereocenters. The highest BCUT2D eigenvalue weighted by Crippen LogP contribution is 2.43. The maximum absolute atomic E-state index is 10.5. The van der Waals surface area contributed by atoms with E-state index in [0.29, 0.717) is 17.3 Å². The second kappa shape index (κ2) is 7.17. The molecule has 2 aliphatic carbocycles. The molecule has 2 aromatic heterocycles. The zero-order valence-electron chi connectivity index (χ0n) is 17.0. The number of phenols is 1. The molecule has 0 saturated heterocycles. The van der Waals surface area contributed by atoms with Gasteiger partial charge in [0.1, 0.15) is 5.75 Å². The van der Waals surface area contributed by atoms with Gasteiger partial charge in [0.2, 0.25) is 0 Å². The Labute approximate surface area is 171 Å².